The summed E-state index contributed by atoms with van der Waals surface area (Å²) in [7, 11) is 0. The molecule has 0 heterocycles. The van der Waals surface area contributed by atoms with Gasteiger partial charge in [0, 0.05) is 16.3 Å². The monoisotopic (exact) mass is 327 g/mol. The highest BCUT2D eigenvalue weighted by atomic mass is 79.9. The molecule has 0 aliphatic carbocycles. The van der Waals surface area contributed by atoms with Crippen LogP contribution in [0, 0.1) is 0 Å². The van der Waals surface area contributed by atoms with Crippen LogP contribution in [0.15, 0.2) is 51.9 Å². The minimum absolute atomic E-state index is 0.523. The first-order valence-corrected chi connectivity index (χ1v) is 6.45. The van der Waals surface area contributed by atoms with Gasteiger partial charge in [0.2, 0.25) is 0 Å². The SMILES string of the molecule is Clc1cccc(C=Nc2ccc(Br)cc2)c1Cl. The molecule has 0 radical (unpaired) electrons. The zero-order valence-corrected chi connectivity index (χ0v) is 11.8. The van der Waals surface area contributed by atoms with E-state index in [0.29, 0.717) is 10.0 Å². The Bertz CT molecular complexity index is 550. The van der Waals surface area contributed by atoms with Crippen LogP contribution in [-0.4, -0.2) is 6.21 Å². The van der Waals surface area contributed by atoms with Crippen molar-refractivity contribution in [1.29, 1.82) is 0 Å². The topological polar surface area (TPSA) is 12.4 Å². The molecule has 17 heavy (non-hydrogen) atoms. The molecule has 0 aromatic heterocycles. The van der Waals surface area contributed by atoms with E-state index < -0.39 is 0 Å². The Balaban J connectivity index is 2.26. The van der Waals surface area contributed by atoms with Crippen LogP contribution in [0.25, 0.3) is 0 Å². The number of halogens is 3. The second-order valence-corrected chi connectivity index (χ2v) is 5.08. The van der Waals surface area contributed by atoms with Gasteiger partial charge < -0.3 is 0 Å². The summed E-state index contributed by atoms with van der Waals surface area (Å²) in [5.74, 6) is 0. The lowest BCUT2D eigenvalue weighted by Gasteiger charge is -1.99. The van der Waals surface area contributed by atoms with Crippen LogP contribution < -0.4 is 0 Å². The Kier molecular flexibility index (Phi) is 4.21. The van der Waals surface area contributed by atoms with Crippen LogP contribution in [-0.2, 0) is 0 Å². The van der Waals surface area contributed by atoms with Gasteiger partial charge >= 0.3 is 0 Å². The quantitative estimate of drug-likeness (QED) is 0.645. The lowest BCUT2D eigenvalue weighted by molar-refractivity contribution is 1.51. The van der Waals surface area contributed by atoms with E-state index in [-0.39, 0.29) is 0 Å². The average Bonchev–Trinajstić information content (AvgIpc) is 2.33. The van der Waals surface area contributed by atoms with E-state index in [2.05, 4.69) is 20.9 Å². The number of benzene rings is 2. The second-order valence-electron chi connectivity index (χ2n) is 3.38. The van der Waals surface area contributed by atoms with Gasteiger partial charge in [-0.15, -0.1) is 0 Å². The Morgan fingerprint density at radius 3 is 2.41 bits per heavy atom. The van der Waals surface area contributed by atoms with E-state index in [4.69, 9.17) is 23.2 Å². The third-order valence-electron chi connectivity index (χ3n) is 2.16. The maximum atomic E-state index is 6.05. The van der Waals surface area contributed by atoms with E-state index in [1.54, 1.807) is 12.3 Å². The Labute approximate surface area is 118 Å². The van der Waals surface area contributed by atoms with E-state index in [1.165, 1.54) is 0 Å². The third-order valence-corrected chi connectivity index (χ3v) is 3.52. The summed E-state index contributed by atoms with van der Waals surface area (Å²) in [5.41, 5.74) is 1.67. The molecule has 2 aromatic carbocycles. The van der Waals surface area contributed by atoms with Crippen molar-refractivity contribution in [2.24, 2.45) is 4.99 Å². The van der Waals surface area contributed by atoms with Crippen molar-refractivity contribution in [3.05, 3.63) is 62.5 Å². The number of aliphatic imine (C=N–C) groups is 1. The van der Waals surface area contributed by atoms with Crippen LogP contribution in [0.2, 0.25) is 10.0 Å². The molecule has 0 bridgehead atoms. The van der Waals surface area contributed by atoms with Gasteiger partial charge in [-0.1, -0.05) is 51.3 Å². The summed E-state index contributed by atoms with van der Waals surface area (Å²) in [5, 5.41) is 1.06. The zero-order chi connectivity index (χ0) is 12.3. The van der Waals surface area contributed by atoms with Crippen LogP contribution in [0.3, 0.4) is 0 Å². The Morgan fingerprint density at radius 2 is 1.71 bits per heavy atom. The van der Waals surface area contributed by atoms with Crippen molar-refractivity contribution in [2.45, 2.75) is 0 Å². The van der Waals surface area contributed by atoms with Crippen LogP contribution in [0.4, 0.5) is 5.69 Å². The van der Waals surface area contributed by atoms with Gasteiger partial charge in [-0.3, -0.25) is 4.99 Å². The molecule has 0 saturated heterocycles. The zero-order valence-electron chi connectivity index (χ0n) is 8.70. The molecule has 86 valence electrons. The molecule has 1 nitrogen and oxygen atoms in total. The Morgan fingerprint density at radius 1 is 1.00 bits per heavy atom. The number of rotatable bonds is 2. The molecule has 2 rings (SSSR count). The van der Waals surface area contributed by atoms with Crippen molar-refractivity contribution in [3.8, 4) is 0 Å². The molecule has 0 N–H and O–H groups in total. The van der Waals surface area contributed by atoms with Crippen LogP contribution in [0.1, 0.15) is 5.56 Å². The van der Waals surface area contributed by atoms with E-state index in [1.807, 2.05) is 36.4 Å². The summed E-state index contributed by atoms with van der Waals surface area (Å²) >= 11 is 15.3. The lowest BCUT2D eigenvalue weighted by atomic mass is 10.2. The molecule has 2 aromatic rings. The fourth-order valence-corrected chi connectivity index (χ4v) is 1.91. The van der Waals surface area contributed by atoms with Crippen molar-refractivity contribution in [1.82, 2.24) is 0 Å². The van der Waals surface area contributed by atoms with E-state index in [0.717, 1.165) is 15.7 Å². The van der Waals surface area contributed by atoms with Gasteiger partial charge in [-0.05, 0) is 30.3 Å². The van der Waals surface area contributed by atoms with Gasteiger partial charge in [0.15, 0.2) is 0 Å². The molecule has 0 amide bonds. The van der Waals surface area contributed by atoms with Crippen molar-refractivity contribution >= 4 is 51.0 Å². The van der Waals surface area contributed by atoms with Gasteiger partial charge in [-0.2, -0.15) is 0 Å². The molecular weight excluding hydrogens is 321 g/mol. The first-order chi connectivity index (χ1) is 8.16. The molecule has 4 heteroatoms. The molecule has 0 saturated carbocycles. The molecular formula is C13H8BrCl2N. The van der Waals surface area contributed by atoms with Crippen molar-refractivity contribution in [2.75, 3.05) is 0 Å². The molecule has 0 fully saturated rings. The maximum absolute atomic E-state index is 6.05. The standard InChI is InChI=1S/C13H8BrCl2N/c14-10-4-6-11(7-5-10)17-8-9-2-1-3-12(15)13(9)16/h1-8H. The third kappa shape index (κ3) is 3.32. The van der Waals surface area contributed by atoms with Gasteiger partial charge in [0.1, 0.15) is 0 Å². The highest BCUT2D eigenvalue weighted by molar-refractivity contribution is 9.10. The average molecular weight is 329 g/mol. The number of nitrogens with zero attached hydrogens (tertiary/aromatic N) is 1. The molecule has 0 spiro atoms. The number of hydrogen-bond donors (Lipinski definition) is 0. The first-order valence-electron chi connectivity index (χ1n) is 4.90. The van der Waals surface area contributed by atoms with E-state index >= 15 is 0 Å². The highest BCUT2D eigenvalue weighted by Gasteiger charge is 2.01. The van der Waals surface area contributed by atoms with Crippen molar-refractivity contribution < 1.29 is 0 Å². The van der Waals surface area contributed by atoms with Crippen LogP contribution in [0.5, 0.6) is 0 Å². The lowest BCUT2D eigenvalue weighted by Crippen LogP contribution is -1.82. The smallest absolute Gasteiger partial charge is 0.0680 e. The fraction of sp³-hybridized carbons (Fsp3) is 0. The van der Waals surface area contributed by atoms with Gasteiger partial charge in [0.25, 0.3) is 0 Å². The highest BCUT2D eigenvalue weighted by Crippen LogP contribution is 2.25. The maximum Gasteiger partial charge on any atom is 0.0680 e. The predicted octanol–water partition coefficient (Wildman–Crippen LogP) is 5.51. The normalized spacial score (nSPS) is 11.0. The molecule has 0 aliphatic heterocycles. The summed E-state index contributed by atoms with van der Waals surface area (Å²) in [4.78, 5) is 4.33. The summed E-state index contributed by atoms with van der Waals surface area (Å²) < 4.78 is 1.03. The molecule has 0 unspecified atom stereocenters. The van der Waals surface area contributed by atoms with E-state index in [9.17, 15) is 0 Å². The van der Waals surface area contributed by atoms with Gasteiger partial charge in [0.05, 0.1) is 15.7 Å². The second kappa shape index (κ2) is 5.67. The summed E-state index contributed by atoms with van der Waals surface area (Å²) in [6, 6.07) is 13.2. The first kappa shape index (κ1) is 12.6. The molecule has 0 atom stereocenters. The Hall–Kier alpha value is -0.830. The van der Waals surface area contributed by atoms with Crippen LogP contribution >= 0.6 is 39.1 Å². The summed E-state index contributed by atoms with van der Waals surface area (Å²) in [6.07, 6.45) is 1.71. The van der Waals surface area contributed by atoms with Gasteiger partial charge in [-0.25, -0.2) is 0 Å². The minimum Gasteiger partial charge on any atom is -0.256 e. The fourth-order valence-electron chi connectivity index (χ4n) is 1.29. The predicted molar refractivity (Wildman–Crippen MR) is 77.9 cm³/mol. The summed E-state index contributed by atoms with van der Waals surface area (Å²) in [6.45, 7) is 0. The minimum atomic E-state index is 0.523. The number of hydrogen-bond acceptors (Lipinski definition) is 1. The largest absolute Gasteiger partial charge is 0.256 e. The molecule has 0 aliphatic rings. The van der Waals surface area contributed by atoms with Crippen molar-refractivity contribution in [3.63, 3.8) is 0 Å².